The first-order valence-corrected chi connectivity index (χ1v) is 10.3. The Morgan fingerprint density at radius 2 is 1.07 bits per heavy atom. The molecule has 27 heavy (non-hydrogen) atoms. The van der Waals surface area contributed by atoms with Crippen LogP contribution in [0.4, 0.5) is 11.4 Å². The van der Waals surface area contributed by atoms with Gasteiger partial charge in [-0.05, 0) is 75.8 Å². The monoisotopic (exact) mass is 364 g/mol. The molecule has 1 aliphatic rings. The standard InChI is InChI=1S/C23H30N2.C2H6/c1-8-21-13-18(5)23(19(6)14-21)25-10-9-24(20(25)7)22-16(3)11-15(2)12-17(22)4;1-2/h9-14,20H,8H2,1-7H3;1-2H3. The summed E-state index contributed by atoms with van der Waals surface area (Å²) in [6.45, 7) is 19.6. The summed E-state index contributed by atoms with van der Waals surface area (Å²) < 4.78 is 0. The lowest BCUT2D eigenvalue weighted by Gasteiger charge is -2.33. The van der Waals surface area contributed by atoms with Gasteiger partial charge in [0, 0.05) is 23.8 Å². The van der Waals surface area contributed by atoms with E-state index in [9.17, 15) is 0 Å². The third-order valence-corrected chi connectivity index (χ3v) is 5.30. The Bertz CT molecular complexity index is 786. The van der Waals surface area contributed by atoms with Crippen molar-refractivity contribution in [1.29, 1.82) is 0 Å². The highest BCUT2D eigenvalue weighted by Crippen LogP contribution is 2.36. The van der Waals surface area contributed by atoms with E-state index in [1.54, 1.807) is 0 Å². The van der Waals surface area contributed by atoms with Crippen molar-refractivity contribution in [3.63, 3.8) is 0 Å². The predicted octanol–water partition coefficient (Wildman–Crippen LogP) is 6.96. The number of anilines is 2. The first kappa shape index (κ1) is 21.1. The SMILES string of the molecule is CC.CCc1cc(C)c(N2C=CN(c3c(C)cc(C)cc3C)C2C)c(C)c1. The van der Waals surface area contributed by atoms with E-state index in [4.69, 9.17) is 0 Å². The van der Waals surface area contributed by atoms with Crippen molar-refractivity contribution in [1.82, 2.24) is 0 Å². The van der Waals surface area contributed by atoms with Gasteiger partial charge in [-0.25, -0.2) is 0 Å². The minimum Gasteiger partial charge on any atom is -0.325 e. The second-order valence-electron chi connectivity index (χ2n) is 7.42. The van der Waals surface area contributed by atoms with Crippen LogP contribution in [0, 0.1) is 34.6 Å². The summed E-state index contributed by atoms with van der Waals surface area (Å²) in [5, 5.41) is 0. The molecule has 3 rings (SSSR count). The van der Waals surface area contributed by atoms with E-state index >= 15 is 0 Å². The van der Waals surface area contributed by atoms with Crippen molar-refractivity contribution in [2.24, 2.45) is 0 Å². The maximum atomic E-state index is 2.41. The normalized spacial score (nSPS) is 15.8. The van der Waals surface area contributed by atoms with E-state index in [0.717, 1.165) is 6.42 Å². The van der Waals surface area contributed by atoms with E-state index < -0.39 is 0 Å². The third kappa shape index (κ3) is 4.05. The smallest absolute Gasteiger partial charge is 0.107 e. The Balaban J connectivity index is 0.00000126. The topological polar surface area (TPSA) is 6.48 Å². The fourth-order valence-electron chi connectivity index (χ4n) is 4.29. The molecule has 0 amide bonds. The lowest BCUT2D eigenvalue weighted by atomic mass is 10.0. The summed E-state index contributed by atoms with van der Waals surface area (Å²) in [4.78, 5) is 4.81. The molecule has 0 N–H and O–H groups in total. The van der Waals surface area contributed by atoms with Crippen molar-refractivity contribution in [3.05, 3.63) is 70.0 Å². The molecule has 1 atom stereocenters. The number of hydrogen-bond acceptors (Lipinski definition) is 2. The van der Waals surface area contributed by atoms with Crippen LogP contribution in [0.25, 0.3) is 0 Å². The molecule has 1 unspecified atom stereocenters. The van der Waals surface area contributed by atoms with Gasteiger partial charge in [0.2, 0.25) is 0 Å². The highest BCUT2D eigenvalue weighted by molar-refractivity contribution is 5.70. The predicted molar refractivity (Wildman–Crippen MR) is 121 cm³/mol. The first-order chi connectivity index (χ1) is 12.8. The number of aryl methyl sites for hydroxylation is 6. The van der Waals surface area contributed by atoms with Crippen molar-refractivity contribution >= 4 is 11.4 Å². The van der Waals surface area contributed by atoms with Crippen LogP contribution < -0.4 is 9.80 Å². The van der Waals surface area contributed by atoms with E-state index in [1.807, 2.05) is 13.8 Å². The van der Waals surface area contributed by atoms with E-state index in [0.29, 0.717) is 0 Å². The van der Waals surface area contributed by atoms with Gasteiger partial charge in [0.05, 0.1) is 0 Å². The lowest BCUT2D eigenvalue weighted by molar-refractivity contribution is 0.742. The van der Waals surface area contributed by atoms with Gasteiger partial charge in [0.15, 0.2) is 0 Å². The highest BCUT2D eigenvalue weighted by Gasteiger charge is 2.28. The Hall–Kier alpha value is -2.22. The van der Waals surface area contributed by atoms with E-state index in [1.165, 1.54) is 44.8 Å². The lowest BCUT2D eigenvalue weighted by Crippen LogP contribution is -2.37. The largest absolute Gasteiger partial charge is 0.325 e. The molecular weight excluding hydrogens is 328 g/mol. The van der Waals surface area contributed by atoms with Crippen LogP contribution in [-0.4, -0.2) is 6.17 Å². The molecule has 2 aromatic carbocycles. The van der Waals surface area contributed by atoms with Gasteiger partial charge < -0.3 is 9.80 Å². The Labute approximate surface area is 166 Å². The van der Waals surface area contributed by atoms with Gasteiger partial charge in [-0.15, -0.1) is 0 Å². The summed E-state index contributed by atoms with van der Waals surface area (Å²) in [5.74, 6) is 0. The summed E-state index contributed by atoms with van der Waals surface area (Å²) in [5.41, 5.74) is 10.8. The molecule has 2 heteroatoms. The quantitative estimate of drug-likeness (QED) is 0.581. The number of nitrogens with zero attached hydrogens (tertiary/aromatic N) is 2. The molecule has 0 fully saturated rings. The van der Waals surface area contributed by atoms with Crippen LogP contribution in [0.1, 0.15) is 61.1 Å². The molecule has 0 radical (unpaired) electrons. The molecule has 1 heterocycles. The minimum absolute atomic E-state index is 0.269. The molecule has 2 aromatic rings. The first-order valence-electron chi connectivity index (χ1n) is 10.3. The zero-order valence-corrected chi connectivity index (χ0v) is 18.6. The maximum absolute atomic E-state index is 2.41. The number of hydrogen-bond donors (Lipinski definition) is 0. The van der Waals surface area contributed by atoms with E-state index in [-0.39, 0.29) is 6.17 Å². The average Bonchev–Trinajstić information content (AvgIpc) is 2.96. The second kappa shape index (κ2) is 8.65. The number of benzene rings is 2. The van der Waals surface area contributed by atoms with Gasteiger partial charge in [-0.3, -0.25) is 0 Å². The Kier molecular flexibility index (Phi) is 6.75. The molecule has 0 bridgehead atoms. The Morgan fingerprint density at radius 1 is 0.704 bits per heavy atom. The minimum atomic E-state index is 0.269. The molecule has 0 aliphatic carbocycles. The Morgan fingerprint density at radius 3 is 1.44 bits per heavy atom. The summed E-state index contributed by atoms with van der Waals surface area (Å²) in [7, 11) is 0. The highest BCUT2D eigenvalue weighted by atomic mass is 15.4. The van der Waals surface area contributed by atoms with Gasteiger partial charge in [0.25, 0.3) is 0 Å². The summed E-state index contributed by atoms with van der Waals surface area (Å²) >= 11 is 0. The van der Waals surface area contributed by atoms with Crippen LogP contribution in [0.5, 0.6) is 0 Å². The summed E-state index contributed by atoms with van der Waals surface area (Å²) in [6.07, 6.45) is 5.80. The van der Waals surface area contributed by atoms with Crippen molar-refractivity contribution in [3.8, 4) is 0 Å². The molecule has 0 spiro atoms. The van der Waals surface area contributed by atoms with Gasteiger partial charge >= 0.3 is 0 Å². The van der Waals surface area contributed by atoms with Crippen molar-refractivity contribution in [2.75, 3.05) is 9.80 Å². The van der Waals surface area contributed by atoms with Crippen LogP contribution in [0.15, 0.2) is 36.7 Å². The van der Waals surface area contributed by atoms with Crippen LogP contribution in [0.3, 0.4) is 0 Å². The average molecular weight is 365 g/mol. The van der Waals surface area contributed by atoms with Gasteiger partial charge in [0.1, 0.15) is 6.17 Å². The summed E-state index contributed by atoms with van der Waals surface area (Å²) in [6, 6.07) is 9.21. The fraction of sp³-hybridized carbons (Fsp3) is 0.440. The van der Waals surface area contributed by atoms with Crippen LogP contribution in [-0.2, 0) is 6.42 Å². The third-order valence-electron chi connectivity index (χ3n) is 5.30. The van der Waals surface area contributed by atoms with Crippen LogP contribution in [0.2, 0.25) is 0 Å². The molecule has 1 aliphatic heterocycles. The van der Waals surface area contributed by atoms with Gasteiger partial charge in [-0.1, -0.05) is 50.6 Å². The molecule has 146 valence electrons. The zero-order chi connectivity index (χ0) is 20.3. The fourth-order valence-corrected chi connectivity index (χ4v) is 4.29. The molecular formula is C25H36N2. The maximum Gasteiger partial charge on any atom is 0.107 e. The number of rotatable bonds is 3. The molecule has 2 nitrogen and oxygen atoms in total. The molecule has 0 saturated carbocycles. The zero-order valence-electron chi connectivity index (χ0n) is 18.6. The van der Waals surface area contributed by atoms with Gasteiger partial charge in [-0.2, -0.15) is 0 Å². The molecule has 0 saturated heterocycles. The van der Waals surface area contributed by atoms with E-state index in [2.05, 4.69) is 94.9 Å². The second-order valence-corrected chi connectivity index (χ2v) is 7.42. The van der Waals surface area contributed by atoms with Crippen LogP contribution >= 0.6 is 0 Å². The van der Waals surface area contributed by atoms with Crippen molar-refractivity contribution in [2.45, 2.75) is 74.9 Å². The van der Waals surface area contributed by atoms with Crippen molar-refractivity contribution < 1.29 is 0 Å². The molecule has 0 aromatic heterocycles.